The second-order valence-corrected chi connectivity index (χ2v) is 5.53. The molecule has 4 N–H and O–H groups in total. The quantitative estimate of drug-likeness (QED) is 0.343. The van der Waals surface area contributed by atoms with Crippen molar-refractivity contribution in [2.75, 3.05) is 0 Å². The van der Waals surface area contributed by atoms with Crippen LogP contribution < -0.4 is 11.1 Å². The standard InChI is InChI=1S/C15H22N4O2/c16-14(19-21)15(8-4-2-1-3-5-9-15)18-13(20)12-6-10-17-11-7-12/h6-7,10-11,21H,1-5,8-9H2,(H2,16,19)(H,18,20). The summed E-state index contributed by atoms with van der Waals surface area (Å²) in [5.74, 6) is -0.128. The SMILES string of the molecule is N/C(=N/O)C1(NC(=O)c2ccncc2)CCCCCCC1. The van der Waals surface area contributed by atoms with Crippen LogP contribution in [0.5, 0.6) is 0 Å². The molecule has 1 aromatic heterocycles. The minimum absolute atomic E-state index is 0.0896. The average molecular weight is 290 g/mol. The molecule has 0 radical (unpaired) electrons. The van der Waals surface area contributed by atoms with E-state index in [9.17, 15) is 4.79 Å². The molecule has 1 aromatic rings. The summed E-state index contributed by atoms with van der Waals surface area (Å²) in [6.07, 6.45) is 9.84. The van der Waals surface area contributed by atoms with Crippen molar-refractivity contribution in [3.63, 3.8) is 0 Å². The first-order valence-electron chi connectivity index (χ1n) is 7.38. The van der Waals surface area contributed by atoms with E-state index in [0.29, 0.717) is 18.4 Å². The van der Waals surface area contributed by atoms with Crippen molar-refractivity contribution in [1.82, 2.24) is 10.3 Å². The molecule has 1 saturated carbocycles. The first-order chi connectivity index (χ1) is 10.2. The van der Waals surface area contributed by atoms with Gasteiger partial charge in [-0.25, -0.2) is 0 Å². The number of hydrogen-bond acceptors (Lipinski definition) is 4. The number of carbonyl (C=O) groups is 1. The molecule has 0 atom stereocenters. The zero-order valence-electron chi connectivity index (χ0n) is 12.1. The number of nitrogens with two attached hydrogens (primary N) is 1. The summed E-state index contributed by atoms with van der Waals surface area (Å²) in [6.45, 7) is 0. The van der Waals surface area contributed by atoms with Crippen LogP contribution in [0.1, 0.15) is 55.3 Å². The van der Waals surface area contributed by atoms with Crippen molar-refractivity contribution in [1.29, 1.82) is 0 Å². The lowest BCUT2D eigenvalue weighted by Crippen LogP contribution is -2.57. The van der Waals surface area contributed by atoms with Gasteiger partial charge in [0, 0.05) is 18.0 Å². The molecule has 6 heteroatoms. The van der Waals surface area contributed by atoms with Crippen LogP contribution in [0, 0.1) is 0 Å². The van der Waals surface area contributed by atoms with Crippen molar-refractivity contribution < 1.29 is 10.0 Å². The van der Waals surface area contributed by atoms with Crippen molar-refractivity contribution in [2.24, 2.45) is 10.9 Å². The Bertz CT molecular complexity index is 494. The van der Waals surface area contributed by atoms with Gasteiger partial charge in [0.15, 0.2) is 5.84 Å². The van der Waals surface area contributed by atoms with Crippen molar-refractivity contribution in [3.8, 4) is 0 Å². The lowest BCUT2D eigenvalue weighted by Gasteiger charge is -2.35. The van der Waals surface area contributed by atoms with E-state index < -0.39 is 5.54 Å². The van der Waals surface area contributed by atoms with E-state index in [-0.39, 0.29) is 11.7 Å². The highest BCUT2D eigenvalue weighted by Gasteiger charge is 2.36. The second-order valence-electron chi connectivity index (χ2n) is 5.53. The molecule has 0 aliphatic heterocycles. The lowest BCUT2D eigenvalue weighted by molar-refractivity contribution is 0.0910. The second kappa shape index (κ2) is 7.06. The molecule has 1 aliphatic carbocycles. The fraction of sp³-hybridized carbons (Fsp3) is 0.533. The topological polar surface area (TPSA) is 101 Å². The minimum atomic E-state index is -0.754. The minimum Gasteiger partial charge on any atom is -0.409 e. The zero-order valence-corrected chi connectivity index (χ0v) is 12.1. The number of hydrogen-bond donors (Lipinski definition) is 3. The van der Waals surface area contributed by atoms with E-state index in [1.54, 1.807) is 24.5 Å². The van der Waals surface area contributed by atoms with Crippen molar-refractivity contribution in [2.45, 2.75) is 50.5 Å². The van der Waals surface area contributed by atoms with Crippen LogP contribution in [-0.2, 0) is 0 Å². The van der Waals surface area contributed by atoms with Crippen molar-refractivity contribution in [3.05, 3.63) is 30.1 Å². The molecule has 0 unspecified atom stereocenters. The van der Waals surface area contributed by atoms with Gasteiger partial charge in [0.05, 0.1) is 0 Å². The Labute approximate surface area is 124 Å². The average Bonchev–Trinajstić information content (AvgIpc) is 2.50. The molecule has 1 aliphatic rings. The zero-order chi connectivity index (χ0) is 15.1. The van der Waals surface area contributed by atoms with Crippen LogP contribution >= 0.6 is 0 Å². The predicted molar refractivity (Wildman–Crippen MR) is 80.2 cm³/mol. The Morgan fingerprint density at radius 2 is 1.76 bits per heavy atom. The summed E-state index contributed by atoms with van der Waals surface area (Å²) < 4.78 is 0. The third-order valence-electron chi connectivity index (χ3n) is 4.10. The molecule has 6 nitrogen and oxygen atoms in total. The summed E-state index contributed by atoms with van der Waals surface area (Å²) in [5.41, 5.74) is 5.67. The van der Waals surface area contributed by atoms with E-state index in [0.717, 1.165) is 25.7 Å². The third-order valence-corrected chi connectivity index (χ3v) is 4.10. The van der Waals surface area contributed by atoms with Gasteiger partial charge >= 0.3 is 0 Å². The van der Waals surface area contributed by atoms with E-state index in [1.807, 2.05) is 0 Å². The summed E-state index contributed by atoms with van der Waals surface area (Å²) in [5, 5.41) is 15.3. The monoisotopic (exact) mass is 290 g/mol. The van der Waals surface area contributed by atoms with Gasteiger partial charge in [-0.15, -0.1) is 0 Å². The molecule has 1 fully saturated rings. The number of nitrogens with zero attached hydrogens (tertiary/aromatic N) is 2. The first-order valence-corrected chi connectivity index (χ1v) is 7.38. The Morgan fingerprint density at radius 1 is 1.19 bits per heavy atom. The molecule has 0 aromatic carbocycles. The number of aromatic nitrogens is 1. The highest BCUT2D eigenvalue weighted by atomic mass is 16.4. The van der Waals surface area contributed by atoms with Gasteiger partial charge in [-0.3, -0.25) is 9.78 Å². The lowest BCUT2D eigenvalue weighted by atomic mass is 9.82. The summed E-state index contributed by atoms with van der Waals surface area (Å²) >= 11 is 0. The van der Waals surface area contributed by atoms with Crippen LogP contribution in [0.25, 0.3) is 0 Å². The Morgan fingerprint density at radius 3 is 2.33 bits per heavy atom. The highest BCUT2D eigenvalue weighted by molar-refractivity contribution is 6.00. The molecule has 2 rings (SSSR count). The van der Waals surface area contributed by atoms with Gasteiger partial charge in [-0.1, -0.05) is 37.3 Å². The van der Waals surface area contributed by atoms with Gasteiger partial charge in [0.25, 0.3) is 5.91 Å². The number of nitrogens with one attached hydrogen (secondary N) is 1. The normalized spacial score (nSPS) is 19.3. The molecule has 0 spiro atoms. The fourth-order valence-corrected chi connectivity index (χ4v) is 2.84. The Hall–Kier alpha value is -2.11. The number of oxime groups is 1. The van der Waals surface area contributed by atoms with Crippen LogP contribution in [0.2, 0.25) is 0 Å². The fourth-order valence-electron chi connectivity index (χ4n) is 2.84. The number of pyridine rings is 1. The highest BCUT2D eigenvalue weighted by Crippen LogP contribution is 2.27. The van der Waals surface area contributed by atoms with Crippen LogP contribution in [0.3, 0.4) is 0 Å². The summed E-state index contributed by atoms with van der Waals surface area (Å²) in [6, 6.07) is 3.30. The number of carbonyl (C=O) groups excluding carboxylic acids is 1. The summed E-state index contributed by atoms with van der Waals surface area (Å²) in [4.78, 5) is 16.3. The largest absolute Gasteiger partial charge is 0.409 e. The molecule has 0 saturated heterocycles. The summed E-state index contributed by atoms with van der Waals surface area (Å²) in [7, 11) is 0. The van der Waals surface area contributed by atoms with E-state index in [1.165, 1.54) is 6.42 Å². The maximum Gasteiger partial charge on any atom is 0.252 e. The molecule has 1 amide bonds. The van der Waals surface area contributed by atoms with E-state index in [4.69, 9.17) is 10.9 Å². The molecular weight excluding hydrogens is 268 g/mol. The number of rotatable bonds is 3. The van der Waals surface area contributed by atoms with Gasteiger partial charge in [0.2, 0.25) is 0 Å². The molecule has 21 heavy (non-hydrogen) atoms. The number of amides is 1. The van der Waals surface area contributed by atoms with Gasteiger partial charge in [0.1, 0.15) is 5.54 Å². The van der Waals surface area contributed by atoms with E-state index in [2.05, 4.69) is 15.5 Å². The maximum atomic E-state index is 12.4. The maximum absolute atomic E-state index is 12.4. The van der Waals surface area contributed by atoms with Gasteiger partial charge < -0.3 is 16.3 Å². The molecular formula is C15H22N4O2. The van der Waals surface area contributed by atoms with E-state index >= 15 is 0 Å². The number of amidine groups is 1. The van der Waals surface area contributed by atoms with Crippen LogP contribution in [0.15, 0.2) is 29.7 Å². The van der Waals surface area contributed by atoms with Crippen LogP contribution in [0.4, 0.5) is 0 Å². The van der Waals surface area contributed by atoms with Gasteiger partial charge in [-0.05, 0) is 25.0 Å². The Balaban J connectivity index is 2.21. The third kappa shape index (κ3) is 3.71. The molecule has 1 heterocycles. The molecule has 0 bridgehead atoms. The predicted octanol–water partition coefficient (Wildman–Crippen LogP) is 2.04. The Kier molecular flexibility index (Phi) is 5.14. The van der Waals surface area contributed by atoms with Crippen molar-refractivity contribution >= 4 is 11.7 Å². The van der Waals surface area contributed by atoms with Crippen LogP contribution in [-0.4, -0.2) is 27.5 Å². The molecule has 114 valence electrons. The first kappa shape index (κ1) is 15.3. The van der Waals surface area contributed by atoms with Gasteiger partial charge in [-0.2, -0.15) is 0 Å². The smallest absolute Gasteiger partial charge is 0.252 e.